The molecule has 0 aromatic heterocycles. The Morgan fingerprint density at radius 2 is 2.09 bits per heavy atom. The Kier molecular flexibility index (Phi) is 4.20. The third-order valence-corrected chi connectivity index (χ3v) is 4.68. The van der Waals surface area contributed by atoms with Gasteiger partial charge < -0.3 is 10.5 Å². The van der Waals surface area contributed by atoms with Gasteiger partial charge in [0, 0.05) is 24.3 Å². The number of carbonyl (C=O) groups is 1. The molecule has 0 bridgehead atoms. The van der Waals surface area contributed by atoms with Crippen LogP contribution >= 0.6 is 0 Å². The second kappa shape index (κ2) is 6.29. The molecule has 1 aromatic carbocycles. The van der Waals surface area contributed by atoms with Gasteiger partial charge in [0.25, 0.3) is 0 Å². The van der Waals surface area contributed by atoms with E-state index in [1.54, 1.807) is 0 Å². The highest BCUT2D eigenvalue weighted by Gasteiger charge is 2.37. The van der Waals surface area contributed by atoms with Crippen molar-refractivity contribution >= 4 is 5.78 Å². The van der Waals surface area contributed by atoms with Gasteiger partial charge in [0.15, 0.2) is 5.78 Å². The van der Waals surface area contributed by atoms with Crippen LogP contribution in [0.1, 0.15) is 44.1 Å². The zero-order valence-electron chi connectivity index (χ0n) is 13.2. The number of benzene rings is 1. The summed E-state index contributed by atoms with van der Waals surface area (Å²) >= 11 is 0. The van der Waals surface area contributed by atoms with Gasteiger partial charge in [0.2, 0.25) is 5.88 Å². The molecule has 2 atom stereocenters. The summed E-state index contributed by atoms with van der Waals surface area (Å²) in [6, 6.07) is 12.3. The molecule has 0 fully saturated rings. The van der Waals surface area contributed by atoms with Gasteiger partial charge in [-0.05, 0) is 24.3 Å². The number of Topliss-reactive ketones (excluding diaryl/α,β-unsaturated/α-hetero) is 1. The van der Waals surface area contributed by atoms with E-state index in [1.807, 2.05) is 18.2 Å². The Bertz CT molecular complexity index is 725. The van der Waals surface area contributed by atoms with Crippen molar-refractivity contribution in [2.75, 3.05) is 0 Å². The highest BCUT2D eigenvalue weighted by molar-refractivity contribution is 5.98. The van der Waals surface area contributed by atoms with Crippen LogP contribution in [0.4, 0.5) is 0 Å². The molecule has 1 heterocycles. The number of nitrogens with two attached hydrogens (primary N) is 1. The molecule has 0 unspecified atom stereocenters. The summed E-state index contributed by atoms with van der Waals surface area (Å²) in [6.45, 7) is 2.11. The maximum Gasteiger partial charge on any atom is 0.204 e. The maximum atomic E-state index is 12.4. The zero-order chi connectivity index (χ0) is 16.4. The molecule has 0 radical (unpaired) electrons. The third kappa shape index (κ3) is 2.87. The Morgan fingerprint density at radius 1 is 1.35 bits per heavy atom. The number of rotatable bonds is 3. The van der Waals surface area contributed by atoms with Crippen LogP contribution in [0.3, 0.4) is 0 Å². The lowest BCUT2D eigenvalue weighted by Gasteiger charge is -2.32. The first kappa shape index (κ1) is 15.4. The number of allylic oxidation sites excluding steroid dienone is 3. The maximum absolute atomic E-state index is 12.4. The summed E-state index contributed by atoms with van der Waals surface area (Å²) < 4.78 is 5.58. The van der Waals surface area contributed by atoms with Gasteiger partial charge in [0.05, 0.1) is 5.57 Å². The largest absolute Gasteiger partial charge is 0.444 e. The fourth-order valence-electron chi connectivity index (χ4n) is 3.47. The fourth-order valence-corrected chi connectivity index (χ4v) is 3.47. The quantitative estimate of drug-likeness (QED) is 0.926. The molecule has 1 aliphatic carbocycles. The SMILES string of the molecule is C[C@H](C[C@@H]1C(C#N)=C(N)OC2=C1C(=O)CCC2)c1ccccc1. The van der Waals surface area contributed by atoms with E-state index in [1.165, 1.54) is 5.56 Å². The number of carbonyl (C=O) groups excluding carboxylic acids is 1. The van der Waals surface area contributed by atoms with E-state index in [4.69, 9.17) is 10.5 Å². The van der Waals surface area contributed by atoms with Gasteiger partial charge in [-0.3, -0.25) is 4.79 Å². The summed E-state index contributed by atoms with van der Waals surface area (Å²) in [5, 5.41) is 9.49. The first-order valence-corrected chi connectivity index (χ1v) is 8.00. The molecule has 0 spiro atoms. The molecular formula is C19H20N2O2. The molecule has 4 nitrogen and oxygen atoms in total. The van der Waals surface area contributed by atoms with Crippen molar-refractivity contribution < 1.29 is 9.53 Å². The number of ketones is 1. The second-order valence-corrected chi connectivity index (χ2v) is 6.21. The lowest BCUT2D eigenvalue weighted by molar-refractivity contribution is -0.117. The molecule has 2 aliphatic rings. The van der Waals surface area contributed by atoms with E-state index >= 15 is 0 Å². The van der Waals surface area contributed by atoms with Crippen LogP contribution in [-0.2, 0) is 9.53 Å². The van der Waals surface area contributed by atoms with Gasteiger partial charge >= 0.3 is 0 Å². The molecule has 118 valence electrons. The number of nitriles is 1. The van der Waals surface area contributed by atoms with Gasteiger partial charge in [0.1, 0.15) is 11.8 Å². The van der Waals surface area contributed by atoms with E-state index in [9.17, 15) is 10.1 Å². The summed E-state index contributed by atoms with van der Waals surface area (Å²) in [7, 11) is 0. The van der Waals surface area contributed by atoms with E-state index in [2.05, 4.69) is 25.1 Å². The van der Waals surface area contributed by atoms with Crippen LogP contribution in [-0.4, -0.2) is 5.78 Å². The van der Waals surface area contributed by atoms with Gasteiger partial charge in [-0.15, -0.1) is 0 Å². The van der Waals surface area contributed by atoms with Crippen molar-refractivity contribution in [1.82, 2.24) is 0 Å². The average molecular weight is 308 g/mol. The molecule has 0 saturated heterocycles. The van der Waals surface area contributed by atoms with Crippen LogP contribution in [0, 0.1) is 17.2 Å². The van der Waals surface area contributed by atoms with Gasteiger partial charge in [-0.25, -0.2) is 0 Å². The molecule has 1 aliphatic heterocycles. The minimum absolute atomic E-state index is 0.0942. The number of ether oxygens (including phenoxy) is 1. The van der Waals surface area contributed by atoms with Crippen molar-refractivity contribution in [2.24, 2.45) is 11.7 Å². The number of nitrogens with zero attached hydrogens (tertiary/aromatic N) is 1. The Balaban J connectivity index is 1.95. The minimum atomic E-state index is -0.258. The summed E-state index contributed by atoms with van der Waals surface area (Å²) in [4.78, 5) is 12.4. The second-order valence-electron chi connectivity index (χ2n) is 6.21. The highest BCUT2D eigenvalue weighted by atomic mass is 16.5. The average Bonchev–Trinajstić information content (AvgIpc) is 2.55. The number of hydrogen-bond acceptors (Lipinski definition) is 4. The first-order chi connectivity index (χ1) is 11.1. The van der Waals surface area contributed by atoms with E-state index < -0.39 is 0 Å². The Labute approximate surface area is 136 Å². The first-order valence-electron chi connectivity index (χ1n) is 8.00. The predicted octanol–water partition coefficient (Wildman–Crippen LogP) is 3.53. The molecule has 4 heteroatoms. The van der Waals surface area contributed by atoms with Crippen molar-refractivity contribution in [3.63, 3.8) is 0 Å². The van der Waals surface area contributed by atoms with E-state index in [-0.39, 0.29) is 23.5 Å². The van der Waals surface area contributed by atoms with E-state index in [0.717, 1.165) is 12.8 Å². The normalized spacial score (nSPS) is 22.3. The van der Waals surface area contributed by atoms with Crippen molar-refractivity contribution in [3.05, 3.63) is 58.7 Å². The van der Waals surface area contributed by atoms with E-state index in [0.29, 0.717) is 29.7 Å². The van der Waals surface area contributed by atoms with Crippen LogP contribution in [0.2, 0.25) is 0 Å². The topological polar surface area (TPSA) is 76.1 Å². The minimum Gasteiger partial charge on any atom is -0.444 e. The lowest BCUT2D eigenvalue weighted by atomic mass is 9.76. The van der Waals surface area contributed by atoms with Gasteiger partial charge in [-0.1, -0.05) is 37.3 Å². The van der Waals surface area contributed by atoms with Gasteiger partial charge in [-0.2, -0.15) is 5.26 Å². The zero-order valence-corrected chi connectivity index (χ0v) is 13.2. The molecule has 0 amide bonds. The fraction of sp³-hybridized carbons (Fsp3) is 0.368. The molecule has 1 aromatic rings. The van der Waals surface area contributed by atoms with Crippen molar-refractivity contribution in [3.8, 4) is 6.07 Å². The van der Waals surface area contributed by atoms with Crippen molar-refractivity contribution in [1.29, 1.82) is 5.26 Å². The molecule has 23 heavy (non-hydrogen) atoms. The monoisotopic (exact) mass is 308 g/mol. The predicted molar refractivity (Wildman–Crippen MR) is 86.8 cm³/mol. The van der Waals surface area contributed by atoms with Crippen molar-refractivity contribution in [2.45, 2.75) is 38.5 Å². The molecule has 3 rings (SSSR count). The summed E-state index contributed by atoms with van der Waals surface area (Å²) in [5.74, 6) is 0.886. The van der Waals surface area contributed by atoms with Crippen LogP contribution in [0.15, 0.2) is 53.1 Å². The van der Waals surface area contributed by atoms with Crippen LogP contribution in [0.25, 0.3) is 0 Å². The Hall–Kier alpha value is -2.54. The molecular weight excluding hydrogens is 288 g/mol. The van der Waals surface area contributed by atoms with Crippen LogP contribution in [0.5, 0.6) is 0 Å². The molecule has 2 N–H and O–H groups in total. The summed E-state index contributed by atoms with van der Waals surface area (Å²) in [6.07, 6.45) is 2.71. The highest BCUT2D eigenvalue weighted by Crippen LogP contribution is 2.41. The smallest absolute Gasteiger partial charge is 0.204 e. The molecule has 0 saturated carbocycles. The number of hydrogen-bond donors (Lipinski definition) is 1. The Morgan fingerprint density at radius 3 is 2.78 bits per heavy atom. The third-order valence-electron chi connectivity index (χ3n) is 4.68. The standard InChI is InChI=1S/C19H20N2O2/c1-12(13-6-3-2-4-7-13)10-14-15(11-20)19(21)23-17-9-5-8-16(22)18(14)17/h2-4,6-7,12,14H,5,8-10,21H2,1H3/t12-,14-/m1/s1. The van der Waals surface area contributed by atoms with Crippen LogP contribution < -0.4 is 5.73 Å². The summed E-state index contributed by atoms with van der Waals surface area (Å²) in [5.41, 5.74) is 8.19. The lowest BCUT2D eigenvalue weighted by Crippen LogP contribution is -2.29.